The summed E-state index contributed by atoms with van der Waals surface area (Å²) in [6.07, 6.45) is 0. The summed E-state index contributed by atoms with van der Waals surface area (Å²) in [7, 11) is 3.89. The first-order valence-electron chi connectivity index (χ1n) is 6.99. The van der Waals surface area contributed by atoms with Gasteiger partial charge in [0, 0.05) is 13.6 Å². The van der Waals surface area contributed by atoms with Gasteiger partial charge in [-0.3, -0.25) is 4.68 Å². The molecule has 0 saturated heterocycles. The Morgan fingerprint density at radius 1 is 1.24 bits per heavy atom. The topological polar surface area (TPSA) is 39.1 Å². The fraction of sp³-hybridized carbons (Fsp3) is 0.438. The van der Waals surface area contributed by atoms with Gasteiger partial charge in [-0.2, -0.15) is 5.10 Å². The van der Waals surface area contributed by atoms with Crippen LogP contribution in [0.25, 0.3) is 0 Å². The fourth-order valence-electron chi connectivity index (χ4n) is 2.55. The van der Waals surface area contributed by atoms with Crippen molar-refractivity contribution in [3.05, 3.63) is 44.7 Å². The van der Waals surface area contributed by atoms with Crippen LogP contribution in [-0.2, 0) is 20.2 Å². The Morgan fingerprint density at radius 2 is 1.86 bits per heavy atom. The first-order chi connectivity index (χ1) is 9.93. The molecule has 0 aliphatic heterocycles. The van der Waals surface area contributed by atoms with Crippen LogP contribution in [0.5, 0.6) is 5.75 Å². The molecule has 2 rings (SSSR count). The van der Waals surface area contributed by atoms with E-state index in [9.17, 15) is 0 Å². The van der Waals surface area contributed by atoms with Crippen molar-refractivity contribution in [3.63, 3.8) is 0 Å². The molecule has 21 heavy (non-hydrogen) atoms. The molecule has 0 bridgehead atoms. The molecule has 2 aromatic rings. The highest BCUT2D eigenvalue weighted by molar-refractivity contribution is 9.10. The minimum Gasteiger partial charge on any atom is -0.487 e. The van der Waals surface area contributed by atoms with Crippen molar-refractivity contribution in [3.8, 4) is 5.75 Å². The Kier molecular flexibility index (Phi) is 5.06. The molecule has 1 aromatic heterocycles. The second-order valence-corrected chi connectivity index (χ2v) is 6.14. The van der Waals surface area contributed by atoms with Crippen LogP contribution in [0.4, 0.5) is 0 Å². The predicted octanol–water partition coefficient (Wildman–Crippen LogP) is 3.41. The molecule has 0 radical (unpaired) electrons. The quantitative estimate of drug-likeness (QED) is 0.896. The van der Waals surface area contributed by atoms with Crippen LogP contribution in [-0.4, -0.2) is 16.8 Å². The highest BCUT2D eigenvalue weighted by Gasteiger charge is 2.13. The summed E-state index contributed by atoms with van der Waals surface area (Å²) in [4.78, 5) is 0. The summed E-state index contributed by atoms with van der Waals surface area (Å²) in [6, 6.07) is 4.34. The summed E-state index contributed by atoms with van der Waals surface area (Å²) < 4.78 is 8.93. The van der Waals surface area contributed by atoms with Crippen LogP contribution >= 0.6 is 15.9 Å². The van der Waals surface area contributed by atoms with E-state index >= 15 is 0 Å². The first kappa shape index (κ1) is 16.0. The molecule has 0 unspecified atom stereocenters. The number of nitrogens with one attached hydrogen (secondary N) is 1. The zero-order valence-electron chi connectivity index (χ0n) is 13.2. The summed E-state index contributed by atoms with van der Waals surface area (Å²) >= 11 is 3.57. The number of hydrogen-bond acceptors (Lipinski definition) is 3. The normalized spacial score (nSPS) is 11.0. The molecule has 0 aliphatic carbocycles. The summed E-state index contributed by atoms with van der Waals surface area (Å²) in [6.45, 7) is 7.53. The first-order valence-corrected chi connectivity index (χ1v) is 7.78. The van der Waals surface area contributed by atoms with Crippen molar-refractivity contribution < 1.29 is 4.74 Å². The van der Waals surface area contributed by atoms with Gasteiger partial charge >= 0.3 is 0 Å². The van der Waals surface area contributed by atoms with E-state index in [0.29, 0.717) is 6.61 Å². The zero-order valence-corrected chi connectivity index (χ0v) is 14.8. The van der Waals surface area contributed by atoms with E-state index in [1.54, 1.807) is 0 Å². The maximum absolute atomic E-state index is 6.05. The van der Waals surface area contributed by atoms with Gasteiger partial charge < -0.3 is 10.1 Å². The van der Waals surface area contributed by atoms with E-state index < -0.39 is 0 Å². The number of halogens is 1. The van der Waals surface area contributed by atoms with Gasteiger partial charge in [0.15, 0.2) is 0 Å². The van der Waals surface area contributed by atoms with Gasteiger partial charge in [-0.1, -0.05) is 12.1 Å². The van der Waals surface area contributed by atoms with Crippen molar-refractivity contribution in [2.75, 3.05) is 7.05 Å². The van der Waals surface area contributed by atoms with E-state index in [1.165, 1.54) is 5.56 Å². The third kappa shape index (κ3) is 3.47. The molecule has 114 valence electrons. The minimum atomic E-state index is 0.505. The number of benzene rings is 1. The Bertz CT molecular complexity index is 626. The SMILES string of the molecule is CNCc1cc(C)c(OCc2c(Br)c(C)nn2C)c(C)c1. The smallest absolute Gasteiger partial charge is 0.131 e. The second kappa shape index (κ2) is 6.62. The number of nitrogens with zero attached hydrogens (tertiary/aromatic N) is 2. The van der Waals surface area contributed by atoms with Crippen molar-refractivity contribution in [1.82, 2.24) is 15.1 Å². The van der Waals surface area contributed by atoms with Gasteiger partial charge in [0.05, 0.1) is 15.9 Å². The summed E-state index contributed by atoms with van der Waals surface area (Å²) in [5, 5.41) is 7.56. The van der Waals surface area contributed by atoms with E-state index in [1.807, 2.05) is 25.7 Å². The number of ether oxygens (including phenoxy) is 1. The Morgan fingerprint density at radius 3 is 2.33 bits per heavy atom. The largest absolute Gasteiger partial charge is 0.487 e. The highest BCUT2D eigenvalue weighted by atomic mass is 79.9. The molecule has 0 spiro atoms. The van der Waals surface area contributed by atoms with Gasteiger partial charge in [-0.05, 0) is 60.4 Å². The lowest BCUT2D eigenvalue weighted by atomic mass is 10.1. The number of rotatable bonds is 5. The number of aryl methyl sites for hydroxylation is 4. The van der Waals surface area contributed by atoms with E-state index in [2.05, 4.69) is 52.3 Å². The van der Waals surface area contributed by atoms with Crippen molar-refractivity contribution in [2.45, 2.75) is 33.9 Å². The van der Waals surface area contributed by atoms with Gasteiger partial charge in [0.25, 0.3) is 0 Å². The van der Waals surface area contributed by atoms with Crippen LogP contribution in [0.3, 0.4) is 0 Å². The van der Waals surface area contributed by atoms with Gasteiger partial charge in [0.1, 0.15) is 12.4 Å². The summed E-state index contributed by atoms with van der Waals surface area (Å²) in [5.41, 5.74) is 5.63. The summed E-state index contributed by atoms with van der Waals surface area (Å²) in [5.74, 6) is 0.959. The highest BCUT2D eigenvalue weighted by Crippen LogP contribution is 2.27. The fourth-order valence-corrected chi connectivity index (χ4v) is 3.00. The predicted molar refractivity (Wildman–Crippen MR) is 88.7 cm³/mol. The minimum absolute atomic E-state index is 0.505. The van der Waals surface area contributed by atoms with Crippen molar-refractivity contribution in [1.29, 1.82) is 0 Å². The van der Waals surface area contributed by atoms with E-state index in [4.69, 9.17) is 4.74 Å². The maximum Gasteiger partial charge on any atom is 0.131 e. The third-order valence-electron chi connectivity index (χ3n) is 3.52. The van der Waals surface area contributed by atoms with Crippen LogP contribution in [0.15, 0.2) is 16.6 Å². The van der Waals surface area contributed by atoms with Crippen LogP contribution in [0.1, 0.15) is 28.1 Å². The van der Waals surface area contributed by atoms with Crippen molar-refractivity contribution in [2.24, 2.45) is 7.05 Å². The van der Waals surface area contributed by atoms with Gasteiger partial charge in [-0.15, -0.1) is 0 Å². The molecule has 0 atom stereocenters. The van der Waals surface area contributed by atoms with Crippen LogP contribution in [0, 0.1) is 20.8 Å². The van der Waals surface area contributed by atoms with E-state index in [0.717, 1.165) is 39.3 Å². The molecular weight excluding hydrogens is 330 g/mol. The lowest BCUT2D eigenvalue weighted by Crippen LogP contribution is -2.08. The molecule has 1 heterocycles. The maximum atomic E-state index is 6.05. The monoisotopic (exact) mass is 351 g/mol. The third-order valence-corrected chi connectivity index (χ3v) is 4.55. The van der Waals surface area contributed by atoms with Crippen LogP contribution < -0.4 is 10.1 Å². The lowest BCUT2D eigenvalue weighted by Gasteiger charge is -2.14. The second-order valence-electron chi connectivity index (χ2n) is 5.35. The molecular formula is C16H22BrN3O. The molecule has 0 amide bonds. The number of hydrogen-bond donors (Lipinski definition) is 1. The molecule has 0 fully saturated rings. The van der Waals surface area contributed by atoms with Gasteiger partial charge in [-0.25, -0.2) is 0 Å². The average molecular weight is 352 g/mol. The van der Waals surface area contributed by atoms with Crippen LogP contribution in [0.2, 0.25) is 0 Å². The Labute approximate surface area is 134 Å². The molecule has 0 saturated carbocycles. The molecule has 1 aromatic carbocycles. The Hall–Kier alpha value is -1.33. The standard InChI is InChI=1S/C16H22BrN3O/c1-10-6-13(8-18-4)7-11(2)16(10)21-9-14-15(17)12(3)19-20(14)5/h6-7,18H,8-9H2,1-5H3. The molecule has 4 nitrogen and oxygen atoms in total. The Balaban J connectivity index is 2.20. The van der Waals surface area contributed by atoms with Crippen molar-refractivity contribution >= 4 is 15.9 Å². The number of aromatic nitrogens is 2. The molecule has 5 heteroatoms. The molecule has 1 N–H and O–H groups in total. The average Bonchev–Trinajstić information content (AvgIpc) is 2.64. The van der Waals surface area contributed by atoms with E-state index in [-0.39, 0.29) is 0 Å². The van der Waals surface area contributed by atoms with Gasteiger partial charge in [0.2, 0.25) is 0 Å². The zero-order chi connectivity index (χ0) is 15.6. The lowest BCUT2D eigenvalue weighted by molar-refractivity contribution is 0.290. The molecule has 0 aliphatic rings.